The fourth-order valence-electron chi connectivity index (χ4n) is 2.28. The topological polar surface area (TPSA) is 21.3 Å². The van der Waals surface area contributed by atoms with Crippen LogP contribution in [0.1, 0.15) is 28.3 Å². The molecule has 2 rings (SSSR count). The molecule has 2 aromatic rings. The summed E-state index contributed by atoms with van der Waals surface area (Å²) in [6, 6.07) is 15.1. The maximum absolute atomic E-state index is 5.97. The van der Waals surface area contributed by atoms with E-state index in [9.17, 15) is 0 Å². The normalized spacial score (nSPS) is 12.2. The van der Waals surface area contributed by atoms with Crippen LogP contribution in [0.25, 0.3) is 0 Å². The molecule has 20 heavy (non-hydrogen) atoms. The lowest BCUT2D eigenvalue weighted by Crippen LogP contribution is -2.23. The summed E-state index contributed by atoms with van der Waals surface area (Å²) >= 11 is 0. The van der Waals surface area contributed by atoms with Gasteiger partial charge in [0.2, 0.25) is 0 Å². The average Bonchev–Trinajstić information content (AvgIpc) is 2.43. The molecule has 2 aromatic carbocycles. The molecule has 1 atom stereocenters. The second-order valence-electron chi connectivity index (χ2n) is 5.33. The molecular formula is C18H23NO. The third kappa shape index (κ3) is 3.61. The first-order valence-corrected chi connectivity index (χ1v) is 7.04. The van der Waals surface area contributed by atoms with Crippen LogP contribution in [0.2, 0.25) is 0 Å². The molecule has 0 heterocycles. The molecule has 0 amide bonds. The maximum Gasteiger partial charge on any atom is 0.122 e. The molecule has 1 N–H and O–H groups in total. The van der Waals surface area contributed by atoms with Crippen molar-refractivity contribution in [2.75, 3.05) is 13.7 Å². The van der Waals surface area contributed by atoms with Crippen LogP contribution in [0.5, 0.6) is 5.75 Å². The van der Waals surface area contributed by atoms with Crippen LogP contribution in [0, 0.1) is 20.8 Å². The number of nitrogens with one attached hydrogen (secondary N) is 1. The van der Waals surface area contributed by atoms with Gasteiger partial charge in [0.1, 0.15) is 12.4 Å². The molecule has 0 aliphatic carbocycles. The monoisotopic (exact) mass is 269 g/mol. The summed E-state index contributed by atoms with van der Waals surface area (Å²) in [4.78, 5) is 0. The summed E-state index contributed by atoms with van der Waals surface area (Å²) in [7, 11) is 1.97. The van der Waals surface area contributed by atoms with Crippen molar-refractivity contribution in [2.24, 2.45) is 0 Å². The Morgan fingerprint density at radius 2 is 1.60 bits per heavy atom. The molecule has 0 radical (unpaired) electrons. The first-order valence-electron chi connectivity index (χ1n) is 7.04. The van der Waals surface area contributed by atoms with E-state index in [0.717, 1.165) is 5.75 Å². The Morgan fingerprint density at radius 1 is 0.950 bits per heavy atom. The molecule has 0 fully saturated rings. The van der Waals surface area contributed by atoms with E-state index in [-0.39, 0.29) is 6.04 Å². The summed E-state index contributed by atoms with van der Waals surface area (Å²) in [5, 5.41) is 3.31. The van der Waals surface area contributed by atoms with E-state index in [1.807, 2.05) is 13.1 Å². The Balaban J connectivity index is 2.05. The molecule has 2 nitrogen and oxygen atoms in total. The van der Waals surface area contributed by atoms with Gasteiger partial charge in [-0.15, -0.1) is 0 Å². The minimum Gasteiger partial charge on any atom is -0.491 e. The van der Waals surface area contributed by atoms with Crippen molar-refractivity contribution in [2.45, 2.75) is 26.8 Å². The third-order valence-corrected chi connectivity index (χ3v) is 3.56. The minimum atomic E-state index is 0.205. The van der Waals surface area contributed by atoms with Crippen LogP contribution in [-0.2, 0) is 0 Å². The SMILES string of the molecule is CNC(COc1ccc(C)cc1C)c1ccc(C)cc1. The van der Waals surface area contributed by atoms with E-state index >= 15 is 0 Å². The molecule has 106 valence electrons. The third-order valence-electron chi connectivity index (χ3n) is 3.56. The van der Waals surface area contributed by atoms with Gasteiger partial charge in [-0.25, -0.2) is 0 Å². The van der Waals surface area contributed by atoms with Gasteiger partial charge in [0, 0.05) is 0 Å². The van der Waals surface area contributed by atoms with Gasteiger partial charge in [0.15, 0.2) is 0 Å². The summed E-state index contributed by atoms with van der Waals surface area (Å²) in [5.41, 5.74) is 4.98. The molecule has 0 spiro atoms. The number of hydrogen-bond acceptors (Lipinski definition) is 2. The first-order chi connectivity index (χ1) is 9.60. The highest BCUT2D eigenvalue weighted by molar-refractivity contribution is 5.35. The van der Waals surface area contributed by atoms with Gasteiger partial charge >= 0.3 is 0 Å². The highest BCUT2D eigenvalue weighted by Crippen LogP contribution is 2.21. The number of ether oxygens (including phenoxy) is 1. The van der Waals surface area contributed by atoms with Crippen LogP contribution in [0.4, 0.5) is 0 Å². The van der Waals surface area contributed by atoms with Crippen LogP contribution in [-0.4, -0.2) is 13.7 Å². The molecule has 0 aromatic heterocycles. The smallest absolute Gasteiger partial charge is 0.122 e. The van der Waals surface area contributed by atoms with Crippen LogP contribution >= 0.6 is 0 Å². The molecule has 2 heteroatoms. The average molecular weight is 269 g/mol. The predicted molar refractivity (Wildman–Crippen MR) is 84.4 cm³/mol. The standard InChI is InChI=1S/C18H23NO/c1-13-5-8-16(9-6-13)17(19-4)12-20-18-10-7-14(2)11-15(18)3/h5-11,17,19H,12H2,1-4H3. The summed E-state index contributed by atoms with van der Waals surface area (Å²) in [6.07, 6.45) is 0. The van der Waals surface area contributed by atoms with Gasteiger partial charge in [-0.1, -0.05) is 47.5 Å². The highest BCUT2D eigenvalue weighted by Gasteiger charge is 2.10. The van der Waals surface area contributed by atoms with Crippen molar-refractivity contribution < 1.29 is 4.74 Å². The molecule has 1 unspecified atom stereocenters. The largest absolute Gasteiger partial charge is 0.491 e. The van der Waals surface area contributed by atoms with Crippen molar-refractivity contribution in [3.8, 4) is 5.75 Å². The first kappa shape index (κ1) is 14.6. The van der Waals surface area contributed by atoms with Gasteiger partial charge in [-0.05, 0) is 45.0 Å². The number of hydrogen-bond donors (Lipinski definition) is 1. The van der Waals surface area contributed by atoms with E-state index in [1.54, 1.807) is 0 Å². The van der Waals surface area contributed by atoms with Crippen molar-refractivity contribution >= 4 is 0 Å². The van der Waals surface area contributed by atoms with Crippen molar-refractivity contribution in [3.05, 3.63) is 64.7 Å². The zero-order chi connectivity index (χ0) is 14.5. The predicted octanol–water partition coefficient (Wildman–Crippen LogP) is 3.95. The highest BCUT2D eigenvalue weighted by atomic mass is 16.5. The van der Waals surface area contributed by atoms with Gasteiger partial charge in [0.25, 0.3) is 0 Å². The van der Waals surface area contributed by atoms with Gasteiger partial charge in [0.05, 0.1) is 6.04 Å². The van der Waals surface area contributed by atoms with E-state index in [1.165, 1.54) is 22.3 Å². The van der Waals surface area contributed by atoms with E-state index in [4.69, 9.17) is 4.74 Å². The van der Waals surface area contributed by atoms with Crippen molar-refractivity contribution in [1.29, 1.82) is 0 Å². The molecule has 0 aliphatic heterocycles. The van der Waals surface area contributed by atoms with Gasteiger partial charge in [-0.3, -0.25) is 0 Å². The van der Waals surface area contributed by atoms with E-state index < -0.39 is 0 Å². The number of aryl methyl sites for hydroxylation is 3. The molecule has 0 bridgehead atoms. The lowest BCUT2D eigenvalue weighted by atomic mass is 10.1. The second-order valence-corrected chi connectivity index (χ2v) is 5.33. The second kappa shape index (κ2) is 6.58. The minimum absolute atomic E-state index is 0.205. The Kier molecular flexibility index (Phi) is 4.80. The Bertz CT molecular complexity index is 560. The van der Waals surface area contributed by atoms with Gasteiger partial charge < -0.3 is 10.1 Å². The molecular weight excluding hydrogens is 246 g/mol. The molecule has 0 aliphatic rings. The maximum atomic E-state index is 5.97. The van der Waals surface area contributed by atoms with Crippen molar-refractivity contribution in [1.82, 2.24) is 5.32 Å². The zero-order valence-corrected chi connectivity index (χ0v) is 12.7. The van der Waals surface area contributed by atoms with E-state index in [0.29, 0.717) is 6.61 Å². The molecule has 0 saturated carbocycles. The van der Waals surface area contributed by atoms with Crippen molar-refractivity contribution in [3.63, 3.8) is 0 Å². The van der Waals surface area contributed by atoms with Crippen LogP contribution in [0.15, 0.2) is 42.5 Å². The fraction of sp³-hybridized carbons (Fsp3) is 0.333. The zero-order valence-electron chi connectivity index (χ0n) is 12.7. The number of likely N-dealkylation sites (N-methyl/N-ethyl adjacent to an activating group) is 1. The Labute approximate surface area is 121 Å². The van der Waals surface area contributed by atoms with Crippen LogP contribution < -0.4 is 10.1 Å². The fourth-order valence-corrected chi connectivity index (χ4v) is 2.28. The summed E-state index contributed by atoms with van der Waals surface area (Å²) in [5.74, 6) is 0.961. The van der Waals surface area contributed by atoms with E-state index in [2.05, 4.69) is 62.5 Å². The summed E-state index contributed by atoms with van der Waals surface area (Å²) < 4.78 is 5.97. The summed E-state index contributed by atoms with van der Waals surface area (Å²) in [6.45, 7) is 6.91. The lowest BCUT2D eigenvalue weighted by Gasteiger charge is -2.18. The lowest BCUT2D eigenvalue weighted by molar-refractivity contribution is 0.271. The Morgan fingerprint density at radius 3 is 2.20 bits per heavy atom. The Hall–Kier alpha value is -1.80. The number of benzene rings is 2. The molecule has 0 saturated heterocycles. The quantitative estimate of drug-likeness (QED) is 0.887. The van der Waals surface area contributed by atoms with Gasteiger partial charge in [-0.2, -0.15) is 0 Å². The number of rotatable bonds is 5. The van der Waals surface area contributed by atoms with Crippen LogP contribution in [0.3, 0.4) is 0 Å².